The number of aryl methyl sites for hydroxylation is 3. The van der Waals surface area contributed by atoms with Gasteiger partial charge in [0.15, 0.2) is 0 Å². The number of benzene rings is 2. The zero-order valence-corrected chi connectivity index (χ0v) is 12.2. The summed E-state index contributed by atoms with van der Waals surface area (Å²) >= 11 is 0. The van der Waals surface area contributed by atoms with Crippen molar-refractivity contribution < 1.29 is 0 Å². The van der Waals surface area contributed by atoms with Gasteiger partial charge in [-0.3, -0.25) is 0 Å². The minimum atomic E-state index is 0.570. The van der Waals surface area contributed by atoms with Crippen molar-refractivity contribution in [2.75, 3.05) is 6.54 Å². The Kier molecular flexibility index (Phi) is 4.17. The van der Waals surface area contributed by atoms with Crippen molar-refractivity contribution in [1.29, 1.82) is 0 Å². The second-order valence-corrected chi connectivity index (χ2v) is 5.84. The lowest BCUT2D eigenvalue weighted by molar-refractivity contribution is 0.520. The molecule has 3 rings (SSSR count). The van der Waals surface area contributed by atoms with Gasteiger partial charge in [0.05, 0.1) is 0 Å². The van der Waals surface area contributed by atoms with Gasteiger partial charge in [0.1, 0.15) is 0 Å². The average Bonchev–Trinajstić information content (AvgIpc) is 2.87. The summed E-state index contributed by atoms with van der Waals surface area (Å²) in [5.41, 5.74) is 5.89. The molecule has 1 aliphatic carbocycles. The quantitative estimate of drug-likeness (QED) is 0.799. The first kappa shape index (κ1) is 13.4. The van der Waals surface area contributed by atoms with Gasteiger partial charge in [0.25, 0.3) is 0 Å². The van der Waals surface area contributed by atoms with Gasteiger partial charge in [-0.1, -0.05) is 54.1 Å². The number of nitrogens with one attached hydrogen (secondary N) is 1. The predicted molar refractivity (Wildman–Crippen MR) is 85.0 cm³/mol. The van der Waals surface area contributed by atoms with Crippen LogP contribution in [0.5, 0.6) is 0 Å². The van der Waals surface area contributed by atoms with Crippen molar-refractivity contribution >= 4 is 0 Å². The first-order valence-corrected chi connectivity index (χ1v) is 7.69. The lowest BCUT2D eigenvalue weighted by Gasteiger charge is -2.14. The molecule has 1 atom stereocenters. The summed E-state index contributed by atoms with van der Waals surface area (Å²) in [6, 6.07) is 18.2. The van der Waals surface area contributed by atoms with Gasteiger partial charge in [0, 0.05) is 6.04 Å². The van der Waals surface area contributed by atoms with Crippen LogP contribution < -0.4 is 5.32 Å². The van der Waals surface area contributed by atoms with Gasteiger partial charge in [0.2, 0.25) is 0 Å². The van der Waals surface area contributed by atoms with E-state index in [9.17, 15) is 0 Å². The second kappa shape index (κ2) is 6.23. The number of hydrogen-bond acceptors (Lipinski definition) is 1. The molecule has 0 fully saturated rings. The van der Waals surface area contributed by atoms with Crippen LogP contribution in [0.1, 0.15) is 41.1 Å². The normalized spacial score (nSPS) is 17.1. The number of rotatable bonds is 5. The van der Waals surface area contributed by atoms with Crippen molar-refractivity contribution in [1.82, 2.24) is 5.32 Å². The molecule has 0 amide bonds. The van der Waals surface area contributed by atoms with E-state index < -0.39 is 0 Å². The SMILES string of the molecule is Cc1ccc2c(c1)C(NCCCc1ccccc1)CC2. The fourth-order valence-electron chi connectivity index (χ4n) is 3.15. The Morgan fingerprint density at radius 1 is 1.10 bits per heavy atom. The molecule has 1 heteroatoms. The van der Waals surface area contributed by atoms with Gasteiger partial charge in [-0.25, -0.2) is 0 Å². The minimum absolute atomic E-state index is 0.570. The summed E-state index contributed by atoms with van der Waals surface area (Å²) in [7, 11) is 0. The molecule has 20 heavy (non-hydrogen) atoms. The number of hydrogen-bond donors (Lipinski definition) is 1. The Labute approximate surface area is 122 Å². The Morgan fingerprint density at radius 3 is 2.80 bits per heavy atom. The largest absolute Gasteiger partial charge is 0.310 e. The van der Waals surface area contributed by atoms with Crippen molar-refractivity contribution in [3.63, 3.8) is 0 Å². The molecule has 0 aromatic heterocycles. The van der Waals surface area contributed by atoms with Gasteiger partial charge in [-0.15, -0.1) is 0 Å². The number of fused-ring (bicyclic) bond motifs is 1. The fourth-order valence-corrected chi connectivity index (χ4v) is 3.15. The zero-order chi connectivity index (χ0) is 13.8. The summed E-state index contributed by atoms with van der Waals surface area (Å²) in [5.74, 6) is 0. The molecule has 0 aliphatic heterocycles. The van der Waals surface area contributed by atoms with E-state index in [2.05, 4.69) is 60.8 Å². The molecule has 1 aliphatic rings. The third kappa shape index (κ3) is 3.10. The molecule has 0 heterocycles. The molecule has 1 N–H and O–H groups in total. The topological polar surface area (TPSA) is 12.0 Å². The summed E-state index contributed by atoms with van der Waals surface area (Å²) in [6.07, 6.45) is 4.86. The molecule has 0 bridgehead atoms. The molecule has 0 saturated heterocycles. The fraction of sp³-hybridized carbons (Fsp3) is 0.368. The highest BCUT2D eigenvalue weighted by Crippen LogP contribution is 2.31. The Morgan fingerprint density at radius 2 is 1.95 bits per heavy atom. The van der Waals surface area contributed by atoms with Crippen LogP contribution in [0.15, 0.2) is 48.5 Å². The lowest BCUT2D eigenvalue weighted by atomic mass is 10.0. The molecule has 0 radical (unpaired) electrons. The van der Waals surface area contributed by atoms with E-state index in [0.29, 0.717) is 6.04 Å². The van der Waals surface area contributed by atoms with Crippen LogP contribution in [0.3, 0.4) is 0 Å². The van der Waals surface area contributed by atoms with E-state index in [4.69, 9.17) is 0 Å². The van der Waals surface area contributed by atoms with Gasteiger partial charge in [-0.2, -0.15) is 0 Å². The maximum atomic E-state index is 3.74. The Hall–Kier alpha value is -1.60. The third-order valence-electron chi connectivity index (χ3n) is 4.25. The Balaban J connectivity index is 1.50. The smallest absolute Gasteiger partial charge is 0.0326 e. The van der Waals surface area contributed by atoms with Gasteiger partial charge < -0.3 is 5.32 Å². The maximum absolute atomic E-state index is 3.74. The molecule has 1 unspecified atom stereocenters. The second-order valence-electron chi connectivity index (χ2n) is 5.84. The molecular formula is C19H23N. The van der Waals surface area contributed by atoms with E-state index in [-0.39, 0.29) is 0 Å². The molecule has 0 spiro atoms. The first-order chi connectivity index (χ1) is 9.83. The molecular weight excluding hydrogens is 242 g/mol. The monoisotopic (exact) mass is 265 g/mol. The van der Waals surface area contributed by atoms with E-state index in [0.717, 1.165) is 6.54 Å². The summed E-state index contributed by atoms with van der Waals surface area (Å²) in [4.78, 5) is 0. The van der Waals surface area contributed by atoms with E-state index in [1.165, 1.54) is 47.9 Å². The molecule has 1 nitrogen and oxygen atoms in total. The molecule has 104 valence electrons. The standard InChI is InChI=1S/C19H23N/c1-15-9-10-17-11-12-19(18(17)14-15)20-13-5-8-16-6-3-2-4-7-16/h2-4,6-7,9-10,14,19-20H,5,8,11-13H2,1H3. The van der Waals surface area contributed by atoms with Crippen LogP contribution in [-0.2, 0) is 12.8 Å². The first-order valence-electron chi connectivity index (χ1n) is 7.69. The average molecular weight is 265 g/mol. The van der Waals surface area contributed by atoms with Crippen LogP contribution in [0.4, 0.5) is 0 Å². The van der Waals surface area contributed by atoms with Crippen LogP contribution in [0.25, 0.3) is 0 Å². The van der Waals surface area contributed by atoms with Crippen molar-refractivity contribution in [3.8, 4) is 0 Å². The van der Waals surface area contributed by atoms with Crippen molar-refractivity contribution in [2.24, 2.45) is 0 Å². The summed E-state index contributed by atoms with van der Waals surface area (Å²) in [5, 5.41) is 3.74. The zero-order valence-electron chi connectivity index (χ0n) is 12.2. The minimum Gasteiger partial charge on any atom is -0.310 e. The van der Waals surface area contributed by atoms with Crippen molar-refractivity contribution in [3.05, 3.63) is 70.8 Å². The summed E-state index contributed by atoms with van der Waals surface area (Å²) in [6.45, 7) is 3.29. The predicted octanol–water partition coefficient (Wildman–Crippen LogP) is 4.20. The lowest BCUT2D eigenvalue weighted by Crippen LogP contribution is -2.20. The van der Waals surface area contributed by atoms with Crippen LogP contribution >= 0.6 is 0 Å². The van der Waals surface area contributed by atoms with Crippen molar-refractivity contribution in [2.45, 2.75) is 38.6 Å². The van der Waals surface area contributed by atoms with Crippen LogP contribution in [-0.4, -0.2) is 6.54 Å². The summed E-state index contributed by atoms with van der Waals surface area (Å²) < 4.78 is 0. The van der Waals surface area contributed by atoms with E-state index >= 15 is 0 Å². The molecule has 2 aromatic rings. The molecule has 0 saturated carbocycles. The highest BCUT2D eigenvalue weighted by atomic mass is 14.9. The van der Waals surface area contributed by atoms with E-state index in [1.54, 1.807) is 0 Å². The third-order valence-corrected chi connectivity index (χ3v) is 4.25. The maximum Gasteiger partial charge on any atom is 0.0326 e. The van der Waals surface area contributed by atoms with Gasteiger partial charge >= 0.3 is 0 Å². The van der Waals surface area contributed by atoms with Crippen LogP contribution in [0, 0.1) is 6.92 Å². The van der Waals surface area contributed by atoms with Crippen LogP contribution in [0.2, 0.25) is 0 Å². The highest BCUT2D eigenvalue weighted by molar-refractivity contribution is 5.37. The Bertz CT molecular complexity index is 559. The highest BCUT2D eigenvalue weighted by Gasteiger charge is 2.21. The molecule has 2 aromatic carbocycles. The van der Waals surface area contributed by atoms with E-state index in [1.807, 2.05) is 0 Å². The van der Waals surface area contributed by atoms with Gasteiger partial charge in [-0.05, 0) is 55.8 Å².